The van der Waals surface area contributed by atoms with Crippen molar-refractivity contribution in [1.82, 2.24) is 15.2 Å². The molecule has 0 fully saturated rings. The van der Waals surface area contributed by atoms with Gasteiger partial charge in [0.1, 0.15) is 12.3 Å². The van der Waals surface area contributed by atoms with E-state index in [2.05, 4.69) is 10.5 Å². The lowest BCUT2D eigenvalue weighted by atomic mass is 10.1. The van der Waals surface area contributed by atoms with Gasteiger partial charge in [-0.2, -0.15) is 5.10 Å². The van der Waals surface area contributed by atoms with Crippen LogP contribution in [0.2, 0.25) is 0 Å². The Hall–Kier alpha value is -2.34. The summed E-state index contributed by atoms with van der Waals surface area (Å²) < 4.78 is 7.58. The number of ether oxygens (including phenoxy) is 1. The molecule has 1 aromatic heterocycles. The van der Waals surface area contributed by atoms with Crippen LogP contribution in [-0.2, 0) is 13.7 Å². The smallest absolute Gasteiger partial charge is 0.265 e. The van der Waals surface area contributed by atoms with Crippen molar-refractivity contribution < 1.29 is 9.53 Å². The number of amides is 1. The highest BCUT2D eigenvalue weighted by atomic mass is 16.5. The molecule has 106 valence electrons. The summed E-state index contributed by atoms with van der Waals surface area (Å²) in [5.41, 5.74) is 5.33. The van der Waals surface area contributed by atoms with Crippen LogP contribution in [0.5, 0.6) is 5.75 Å². The van der Waals surface area contributed by atoms with Crippen molar-refractivity contribution in [3.8, 4) is 5.75 Å². The molecule has 0 atom stereocenters. The van der Waals surface area contributed by atoms with Crippen molar-refractivity contribution in [2.45, 2.75) is 20.5 Å². The minimum absolute atomic E-state index is 0.319. The molecule has 0 aliphatic rings. The van der Waals surface area contributed by atoms with Gasteiger partial charge in [0, 0.05) is 12.6 Å². The first-order valence-electron chi connectivity index (χ1n) is 6.25. The van der Waals surface area contributed by atoms with Gasteiger partial charge in [-0.3, -0.25) is 14.9 Å². The van der Waals surface area contributed by atoms with Gasteiger partial charge in [-0.1, -0.05) is 12.1 Å². The molecule has 0 spiro atoms. The summed E-state index contributed by atoms with van der Waals surface area (Å²) in [6.45, 7) is 4.23. The van der Waals surface area contributed by atoms with Gasteiger partial charge < -0.3 is 4.74 Å². The van der Waals surface area contributed by atoms with Crippen LogP contribution in [0, 0.1) is 13.8 Å². The number of aryl methyl sites for hydroxylation is 2. The normalized spacial score (nSPS) is 10.4. The number of nitrogens with two attached hydrogens (primary N) is 1. The summed E-state index contributed by atoms with van der Waals surface area (Å²) in [7, 11) is 1.88. The van der Waals surface area contributed by atoms with Crippen LogP contribution in [-0.4, -0.2) is 15.7 Å². The molecule has 0 aliphatic heterocycles. The average Bonchev–Trinajstić information content (AvgIpc) is 2.69. The van der Waals surface area contributed by atoms with Crippen molar-refractivity contribution in [2.24, 2.45) is 12.9 Å². The molecule has 0 saturated heterocycles. The van der Waals surface area contributed by atoms with E-state index in [0.29, 0.717) is 12.2 Å². The minimum Gasteiger partial charge on any atom is -0.485 e. The first-order valence-corrected chi connectivity index (χ1v) is 6.25. The molecule has 2 rings (SSSR count). The van der Waals surface area contributed by atoms with Crippen LogP contribution in [0.1, 0.15) is 27.3 Å². The van der Waals surface area contributed by atoms with Crippen LogP contribution in [0.25, 0.3) is 0 Å². The first kappa shape index (κ1) is 14.1. The van der Waals surface area contributed by atoms with Gasteiger partial charge in [-0.05, 0) is 31.5 Å². The van der Waals surface area contributed by atoms with Gasteiger partial charge in [-0.15, -0.1) is 0 Å². The number of carbonyl (C=O) groups excluding carboxylic acids is 1. The SMILES string of the molecule is Cc1nn(C)c(C)c1OCc1cccc(C(=O)NN)c1. The molecule has 3 N–H and O–H groups in total. The third-order valence-corrected chi connectivity index (χ3v) is 3.15. The fourth-order valence-electron chi connectivity index (χ4n) is 2.00. The topological polar surface area (TPSA) is 82.2 Å². The minimum atomic E-state index is -0.319. The van der Waals surface area contributed by atoms with Crippen LogP contribution < -0.4 is 16.0 Å². The lowest BCUT2D eigenvalue weighted by molar-refractivity contribution is 0.0953. The van der Waals surface area contributed by atoms with Crippen LogP contribution >= 0.6 is 0 Å². The molecule has 1 aromatic carbocycles. The first-order chi connectivity index (χ1) is 9.52. The van der Waals surface area contributed by atoms with E-state index in [9.17, 15) is 4.79 Å². The fraction of sp³-hybridized carbons (Fsp3) is 0.286. The van der Waals surface area contributed by atoms with Gasteiger partial charge in [-0.25, -0.2) is 5.84 Å². The molecular formula is C14H18N4O2. The van der Waals surface area contributed by atoms with Crippen LogP contribution in [0.3, 0.4) is 0 Å². The molecule has 0 saturated carbocycles. The maximum Gasteiger partial charge on any atom is 0.265 e. The lowest BCUT2D eigenvalue weighted by Gasteiger charge is -2.08. The van der Waals surface area contributed by atoms with Gasteiger partial charge in [0.15, 0.2) is 5.75 Å². The standard InChI is InChI=1S/C14H18N4O2/c1-9-13(10(2)18(3)17-9)20-8-11-5-4-6-12(7-11)14(19)16-15/h4-7H,8,15H2,1-3H3,(H,16,19). The van der Waals surface area contributed by atoms with Crippen molar-refractivity contribution in [2.75, 3.05) is 0 Å². The number of hydrogen-bond acceptors (Lipinski definition) is 4. The number of nitrogen functional groups attached to an aromatic ring is 1. The Kier molecular flexibility index (Phi) is 4.05. The van der Waals surface area contributed by atoms with Crippen molar-refractivity contribution in [1.29, 1.82) is 0 Å². The summed E-state index contributed by atoms with van der Waals surface area (Å²) in [6.07, 6.45) is 0. The molecule has 6 nitrogen and oxygen atoms in total. The van der Waals surface area contributed by atoms with E-state index in [-0.39, 0.29) is 5.91 Å². The molecule has 0 unspecified atom stereocenters. The number of nitrogens with zero attached hydrogens (tertiary/aromatic N) is 2. The maximum atomic E-state index is 11.5. The van der Waals surface area contributed by atoms with Crippen LogP contribution in [0.15, 0.2) is 24.3 Å². The highest BCUT2D eigenvalue weighted by Crippen LogP contribution is 2.22. The number of rotatable bonds is 4. The zero-order valence-electron chi connectivity index (χ0n) is 11.8. The molecule has 0 bridgehead atoms. The van der Waals surface area contributed by atoms with E-state index in [4.69, 9.17) is 10.6 Å². The third kappa shape index (κ3) is 2.80. The highest BCUT2D eigenvalue weighted by Gasteiger charge is 2.11. The Balaban J connectivity index is 2.13. The van der Waals surface area contributed by atoms with Gasteiger partial charge in [0.2, 0.25) is 0 Å². The molecule has 20 heavy (non-hydrogen) atoms. The predicted molar refractivity (Wildman–Crippen MR) is 75.1 cm³/mol. The van der Waals surface area contributed by atoms with E-state index < -0.39 is 0 Å². The van der Waals surface area contributed by atoms with Crippen molar-refractivity contribution in [3.63, 3.8) is 0 Å². The molecule has 1 amide bonds. The number of nitrogens with one attached hydrogen (secondary N) is 1. The Morgan fingerprint density at radius 1 is 1.45 bits per heavy atom. The lowest BCUT2D eigenvalue weighted by Crippen LogP contribution is -2.30. The van der Waals surface area contributed by atoms with E-state index in [1.165, 1.54) is 0 Å². The van der Waals surface area contributed by atoms with Crippen molar-refractivity contribution >= 4 is 5.91 Å². The number of aromatic nitrogens is 2. The zero-order chi connectivity index (χ0) is 14.7. The number of carbonyl (C=O) groups is 1. The number of hydrogen-bond donors (Lipinski definition) is 2. The molecular weight excluding hydrogens is 256 g/mol. The number of benzene rings is 1. The largest absolute Gasteiger partial charge is 0.485 e. The van der Waals surface area contributed by atoms with E-state index in [1.807, 2.05) is 27.0 Å². The number of hydrazine groups is 1. The average molecular weight is 274 g/mol. The summed E-state index contributed by atoms with van der Waals surface area (Å²) in [4.78, 5) is 11.5. The quantitative estimate of drug-likeness (QED) is 0.499. The van der Waals surface area contributed by atoms with Gasteiger partial charge >= 0.3 is 0 Å². The second kappa shape index (κ2) is 5.75. The second-order valence-electron chi connectivity index (χ2n) is 4.59. The predicted octanol–water partition coefficient (Wildman–Crippen LogP) is 1.22. The summed E-state index contributed by atoms with van der Waals surface area (Å²) >= 11 is 0. The highest BCUT2D eigenvalue weighted by molar-refractivity contribution is 5.93. The second-order valence-corrected chi connectivity index (χ2v) is 4.59. The Morgan fingerprint density at radius 3 is 2.80 bits per heavy atom. The summed E-state index contributed by atoms with van der Waals surface area (Å²) in [5, 5.41) is 4.29. The maximum absolute atomic E-state index is 11.5. The van der Waals surface area contributed by atoms with Crippen molar-refractivity contribution in [3.05, 3.63) is 46.8 Å². The Bertz CT molecular complexity index is 634. The Morgan fingerprint density at radius 2 is 2.20 bits per heavy atom. The van der Waals surface area contributed by atoms with E-state index in [0.717, 1.165) is 22.7 Å². The summed E-state index contributed by atoms with van der Waals surface area (Å²) in [5.74, 6) is 5.58. The van der Waals surface area contributed by atoms with Gasteiger partial charge in [0.25, 0.3) is 5.91 Å². The van der Waals surface area contributed by atoms with Crippen LogP contribution in [0.4, 0.5) is 0 Å². The molecule has 1 heterocycles. The third-order valence-electron chi connectivity index (χ3n) is 3.15. The molecule has 6 heteroatoms. The summed E-state index contributed by atoms with van der Waals surface area (Å²) in [6, 6.07) is 7.15. The Labute approximate surface area is 117 Å². The van der Waals surface area contributed by atoms with Gasteiger partial charge in [0.05, 0.1) is 5.69 Å². The van der Waals surface area contributed by atoms with E-state index >= 15 is 0 Å². The molecule has 2 aromatic rings. The molecule has 0 aliphatic carbocycles. The zero-order valence-corrected chi connectivity index (χ0v) is 11.8. The monoisotopic (exact) mass is 274 g/mol. The molecule has 0 radical (unpaired) electrons. The fourth-order valence-corrected chi connectivity index (χ4v) is 2.00. The van der Waals surface area contributed by atoms with E-state index in [1.54, 1.807) is 22.9 Å².